The molecule has 0 aromatic heterocycles. The van der Waals surface area contributed by atoms with Crippen LogP contribution in [0.25, 0.3) is 0 Å². The summed E-state index contributed by atoms with van der Waals surface area (Å²) in [6, 6.07) is 0. The number of allylic oxidation sites excluding steroid dienone is 8. The van der Waals surface area contributed by atoms with Gasteiger partial charge >= 0.3 is 26.2 Å². The normalized spacial score (nSPS) is 16.7. The van der Waals surface area contributed by atoms with E-state index in [1.165, 1.54) is 16.7 Å². The molecule has 0 saturated carbocycles. The van der Waals surface area contributed by atoms with Gasteiger partial charge in [-0.15, -0.1) is 12.0 Å². The van der Waals surface area contributed by atoms with Gasteiger partial charge in [-0.25, -0.2) is 5.57 Å². The van der Waals surface area contributed by atoms with Crippen molar-refractivity contribution in [3.63, 3.8) is 0 Å². The van der Waals surface area contributed by atoms with Gasteiger partial charge in [0, 0.05) is 0 Å². The minimum atomic E-state index is 0. The Balaban J connectivity index is 0. The van der Waals surface area contributed by atoms with Gasteiger partial charge in [0.2, 0.25) is 0 Å². The number of halogens is 2. The molecule has 0 saturated heterocycles. The van der Waals surface area contributed by atoms with Crippen molar-refractivity contribution in [3.8, 4) is 0 Å². The van der Waals surface area contributed by atoms with E-state index in [4.69, 9.17) is 0 Å². The molecule has 1 radical (unpaired) electrons. The summed E-state index contributed by atoms with van der Waals surface area (Å²) in [5.74, 6) is 0. The molecule has 0 heterocycles. The van der Waals surface area contributed by atoms with E-state index in [0.717, 1.165) is 19.3 Å². The summed E-state index contributed by atoms with van der Waals surface area (Å²) in [4.78, 5) is 0. The van der Waals surface area contributed by atoms with E-state index in [1.54, 1.807) is 0 Å². The maximum Gasteiger partial charge on any atom is 3.00 e. The molecular formula is C12H13Cl2Zr. The first-order valence-electron chi connectivity index (χ1n) is 4.58. The van der Waals surface area contributed by atoms with Gasteiger partial charge in [0.15, 0.2) is 0 Å². The van der Waals surface area contributed by atoms with Crippen LogP contribution in [0.5, 0.6) is 0 Å². The molecule has 0 bridgehead atoms. The Labute approximate surface area is 124 Å². The molecule has 0 spiro atoms. The smallest absolute Gasteiger partial charge is 1.00 e. The predicted molar refractivity (Wildman–Crippen MR) is 51.6 cm³/mol. The number of rotatable bonds is 2. The topological polar surface area (TPSA) is 0 Å². The van der Waals surface area contributed by atoms with Gasteiger partial charge in [0.05, 0.1) is 0 Å². The Morgan fingerprint density at radius 3 is 2.60 bits per heavy atom. The summed E-state index contributed by atoms with van der Waals surface area (Å²) in [7, 11) is 0. The molecule has 0 unspecified atom stereocenters. The molecule has 0 fully saturated rings. The Morgan fingerprint density at radius 2 is 2.07 bits per heavy atom. The van der Waals surface area contributed by atoms with Crippen molar-refractivity contribution in [2.24, 2.45) is 0 Å². The fourth-order valence-corrected chi connectivity index (χ4v) is 1.78. The van der Waals surface area contributed by atoms with E-state index < -0.39 is 0 Å². The Bertz CT molecular complexity index is 312. The summed E-state index contributed by atoms with van der Waals surface area (Å²) in [6.45, 7) is 2.20. The molecule has 0 amide bonds. The fourth-order valence-electron chi connectivity index (χ4n) is 1.78. The zero-order chi connectivity index (χ0) is 8.39. The van der Waals surface area contributed by atoms with Crippen LogP contribution >= 0.6 is 0 Å². The van der Waals surface area contributed by atoms with Gasteiger partial charge < -0.3 is 24.8 Å². The van der Waals surface area contributed by atoms with Gasteiger partial charge in [-0.3, -0.25) is 6.08 Å². The molecule has 2 rings (SSSR count). The van der Waals surface area contributed by atoms with Crippen molar-refractivity contribution >= 4 is 0 Å². The van der Waals surface area contributed by atoms with Crippen LogP contribution in [0.3, 0.4) is 0 Å². The van der Waals surface area contributed by atoms with Crippen molar-refractivity contribution in [1.82, 2.24) is 0 Å². The number of hydrogen-bond acceptors (Lipinski definition) is 0. The van der Waals surface area contributed by atoms with E-state index in [-0.39, 0.29) is 51.0 Å². The second kappa shape index (κ2) is 8.56. The van der Waals surface area contributed by atoms with Crippen LogP contribution in [0.2, 0.25) is 0 Å². The Morgan fingerprint density at radius 1 is 1.33 bits per heavy atom. The molecule has 0 aromatic carbocycles. The third-order valence-corrected chi connectivity index (χ3v) is 2.42. The molecule has 3 heteroatoms. The average Bonchev–Trinajstić information content (AvgIpc) is 2.74. The zero-order valence-electron chi connectivity index (χ0n) is 8.69. The van der Waals surface area contributed by atoms with E-state index in [2.05, 4.69) is 37.3 Å². The van der Waals surface area contributed by atoms with Crippen LogP contribution in [-0.4, -0.2) is 0 Å². The van der Waals surface area contributed by atoms with Crippen molar-refractivity contribution < 1.29 is 51.0 Å². The molecule has 0 nitrogen and oxygen atoms in total. The Kier molecular flexibility index (Phi) is 10.2. The summed E-state index contributed by atoms with van der Waals surface area (Å²) in [6.07, 6.45) is 15.5. The van der Waals surface area contributed by atoms with Gasteiger partial charge in [-0.1, -0.05) is 31.6 Å². The fraction of sp³-hybridized carbons (Fsp3) is 0.333. The minimum absolute atomic E-state index is 0. The average molecular weight is 319 g/mol. The predicted octanol–water partition coefficient (Wildman–Crippen LogP) is -2.65. The monoisotopic (exact) mass is 317 g/mol. The van der Waals surface area contributed by atoms with Gasteiger partial charge in [0.25, 0.3) is 0 Å². The van der Waals surface area contributed by atoms with Crippen LogP contribution < -0.4 is 24.8 Å². The largest absolute Gasteiger partial charge is 3.00 e. The summed E-state index contributed by atoms with van der Waals surface area (Å²) < 4.78 is 0. The quantitative estimate of drug-likeness (QED) is 0.488. The first kappa shape index (κ1) is 17.8. The van der Waals surface area contributed by atoms with Crippen molar-refractivity contribution in [2.45, 2.75) is 26.2 Å². The van der Waals surface area contributed by atoms with E-state index >= 15 is 0 Å². The van der Waals surface area contributed by atoms with E-state index in [1.807, 2.05) is 0 Å². The van der Waals surface area contributed by atoms with Gasteiger partial charge in [0.1, 0.15) is 0 Å². The molecule has 0 N–H and O–H groups in total. The second-order valence-electron chi connectivity index (χ2n) is 3.15. The molecule has 0 atom stereocenters. The summed E-state index contributed by atoms with van der Waals surface area (Å²) >= 11 is 0. The van der Waals surface area contributed by atoms with E-state index in [9.17, 15) is 0 Å². The summed E-state index contributed by atoms with van der Waals surface area (Å²) in [5.41, 5.74) is 4.32. The maximum atomic E-state index is 3.39. The van der Waals surface area contributed by atoms with E-state index in [0.29, 0.717) is 0 Å². The number of hydrogen-bond donors (Lipinski definition) is 0. The molecule has 2 aliphatic carbocycles. The van der Waals surface area contributed by atoms with Crippen LogP contribution in [0.1, 0.15) is 26.2 Å². The molecule has 15 heavy (non-hydrogen) atoms. The standard InChI is InChI=1S/C12H13.2ClH.Zr/c1-2-10-8-5-9-12(10)11-6-3-4-7-11;;;/h3-4,6,9H,2,5,7H2,1H3;2*1H;/q-1;;;+3/p-2. The first-order chi connectivity index (χ1) is 5.92. The second-order valence-corrected chi connectivity index (χ2v) is 3.15. The molecular weight excluding hydrogens is 306 g/mol. The van der Waals surface area contributed by atoms with Crippen LogP contribution in [0.4, 0.5) is 0 Å². The molecule has 2 aliphatic rings. The van der Waals surface area contributed by atoms with Gasteiger partial charge in [-0.2, -0.15) is 11.6 Å². The molecule has 79 valence electrons. The molecule has 0 aromatic rings. The third kappa shape index (κ3) is 4.06. The van der Waals surface area contributed by atoms with Crippen LogP contribution in [0, 0.1) is 6.08 Å². The van der Waals surface area contributed by atoms with Crippen molar-refractivity contribution in [1.29, 1.82) is 0 Å². The van der Waals surface area contributed by atoms with Crippen LogP contribution in [-0.2, 0) is 26.2 Å². The van der Waals surface area contributed by atoms with Crippen molar-refractivity contribution in [2.75, 3.05) is 0 Å². The molecule has 0 aliphatic heterocycles. The van der Waals surface area contributed by atoms with Crippen molar-refractivity contribution in [3.05, 3.63) is 47.1 Å². The maximum absolute atomic E-state index is 3.39. The van der Waals surface area contributed by atoms with Gasteiger partial charge in [-0.05, 0) is 6.42 Å². The minimum Gasteiger partial charge on any atom is -1.00 e. The first-order valence-corrected chi connectivity index (χ1v) is 4.58. The summed E-state index contributed by atoms with van der Waals surface area (Å²) in [5, 5.41) is 0. The SMILES string of the molecule is CCC1=[C-]CC=C1C1=CC=CC1.[Cl-].[Cl-].[Zr+3]. The third-order valence-electron chi connectivity index (χ3n) is 2.42. The van der Waals surface area contributed by atoms with Crippen LogP contribution in [0.15, 0.2) is 41.0 Å². The zero-order valence-corrected chi connectivity index (χ0v) is 12.7. The Hall–Kier alpha value is 0.423.